The first-order valence-corrected chi connectivity index (χ1v) is 18.2. The van der Waals surface area contributed by atoms with Gasteiger partial charge in [-0.15, -0.1) is 10.2 Å². The van der Waals surface area contributed by atoms with E-state index in [2.05, 4.69) is 64.7 Å². The number of nitrogens with zero attached hydrogens (tertiary/aromatic N) is 2. The van der Waals surface area contributed by atoms with E-state index in [-0.39, 0.29) is 46.3 Å². The molecule has 2 aromatic rings. The molecule has 1 heterocycles. The van der Waals surface area contributed by atoms with Gasteiger partial charge >= 0.3 is 5.97 Å². The summed E-state index contributed by atoms with van der Waals surface area (Å²) in [5.41, 5.74) is 2.11. The van der Waals surface area contributed by atoms with E-state index in [1.807, 2.05) is 12.1 Å². The number of ether oxygens (including phenoxy) is 1. The van der Waals surface area contributed by atoms with E-state index < -0.39 is 5.41 Å². The van der Waals surface area contributed by atoms with Gasteiger partial charge in [0.1, 0.15) is 0 Å². The molecule has 1 N–H and O–H groups in total. The lowest BCUT2D eigenvalue weighted by Gasteiger charge is -2.71. The van der Waals surface area contributed by atoms with Gasteiger partial charge in [0.05, 0.1) is 11.5 Å². The highest BCUT2D eigenvalue weighted by Crippen LogP contribution is 2.75. The molecule has 0 spiro atoms. The van der Waals surface area contributed by atoms with E-state index in [4.69, 9.17) is 20.8 Å². The van der Waals surface area contributed by atoms with Crippen LogP contribution >= 0.6 is 11.6 Å². The molecule has 250 valence electrons. The van der Waals surface area contributed by atoms with Crippen molar-refractivity contribution in [3.8, 4) is 11.5 Å². The third-order valence-electron chi connectivity index (χ3n) is 15.3. The Kier molecular flexibility index (Phi) is 7.68. The molecule has 1 aromatic heterocycles. The first kappa shape index (κ1) is 32.4. The lowest BCUT2D eigenvalue weighted by atomic mass is 9.33. The summed E-state index contributed by atoms with van der Waals surface area (Å²) in [5, 5.41) is 20.1. The van der Waals surface area contributed by atoms with Crippen molar-refractivity contribution in [1.29, 1.82) is 0 Å². The fourth-order valence-corrected chi connectivity index (χ4v) is 12.2. The van der Waals surface area contributed by atoms with Gasteiger partial charge in [-0.3, -0.25) is 4.79 Å². The Bertz CT molecular complexity index is 1530. The van der Waals surface area contributed by atoms with Gasteiger partial charge in [-0.25, -0.2) is 0 Å². The summed E-state index contributed by atoms with van der Waals surface area (Å²) in [6.07, 6.45) is 11.6. The molecule has 5 aliphatic carbocycles. The Balaban J connectivity index is 1.18. The average Bonchev–Trinajstić information content (AvgIpc) is 3.49. The van der Waals surface area contributed by atoms with Gasteiger partial charge in [0.15, 0.2) is 6.61 Å². The van der Waals surface area contributed by atoms with Gasteiger partial charge in [-0.2, -0.15) is 0 Å². The first-order valence-electron chi connectivity index (χ1n) is 17.8. The van der Waals surface area contributed by atoms with E-state index >= 15 is 0 Å². The third-order valence-corrected chi connectivity index (χ3v) is 15.5. The van der Waals surface area contributed by atoms with Crippen molar-refractivity contribution >= 4 is 17.6 Å². The zero-order chi connectivity index (χ0) is 32.9. The maximum Gasteiger partial charge on any atom is 0.313 e. The Morgan fingerprint density at radius 3 is 2.43 bits per heavy atom. The SMILES string of the molecule is C[C@H]1[C@H](C)CC[C@]2(C(=O)OCc3nnc(-c4ccc(Cl)cc4)o3)CC[C@]3(C)C(=CC[C@@H]4[C@@]5(C)CC[C@H](O)C(C)(C)[C@@H]5CC[C@]43C)[C@H]12. The van der Waals surface area contributed by atoms with Crippen LogP contribution in [0, 0.1) is 56.7 Å². The van der Waals surface area contributed by atoms with Crippen molar-refractivity contribution < 1.29 is 19.1 Å². The van der Waals surface area contributed by atoms with Crippen molar-refractivity contribution in [3.05, 3.63) is 46.8 Å². The van der Waals surface area contributed by atoms with Gasteiger partial charge in [0, 0.05) is 10.6 Å². The van der Waals surface area contributed by atoms with Gasteiger partial charge < -0.3 is 14.3 Å². The van der Waals surface area contributed by atoms with E-state index in [0.29, 0.717) is 40.5 Å². The number of halogens is 1. The van der Waals surface area contributed by atoms with Crippen LogP contribution in [0.4, 0.5) is 0 Å². The molecule has 0 bridgehead atoms. The van der Waals surface area contributed by atoms with Crippen molar-refractivity contribution in [2.75, 3.05) is 0 Å². The molecule has 4 saturated carbocycles. The molecule has 7 heteroatoms. The summed E-state index contributed by atoms with van der Waals surface area (Å²) >= 11 is 6.04. The molecule has 7 rings (SSSR count). The highest BCUT2D eigenvalue weighted by Gasteiger charge is 2.69. The summed E-state index contributed by atoms with van der Waals surface area (Å²) in [5.74, 6) is 2.80. The van der Waals surface area contributed by atoms with E-state index in [9.17, 15) is 9.90 Å². The van der Waals surface area contributed by atoms with Gasteiger partial charge in [0.25, 0.3) is 5.89 Å². The van der Waals surface area contributed by atoms with E-state index in [0.717, 1.165) is 50.5 Å². The molecule has 0 aliphatic heterocycles. The molecule has 6 nitrogen and oxygen atoms in total. The summed E-state index contributed by atoms with van der Waals surface area (Å²) < 4.78 is 12.0. The lowest BCUT2D eigenvalue weighted by Crippen LogP contribution is -2.65. The smallest absolute Gasteiger partial charge is 0.313 e. The number of hydrogen-bond acceptors (Lipinski definition) is 6. The molecule has 4 fully saturated rings. The van der Waals surface area contributed by atoms with Crippen LogP contribution in [-0.2, 0) is 16.1 Å². The Labute approximate surface area is 280 Å². The van der Waals surface area contributed by atoms with Crippen LogP contribution in [0.5, 0.6) is 0 Å². The molecular weight excluding hydrogens is 596 g/mol. The van der Waals surface area contributed by atoms with Crippen LogP contribution in [0.1, 0.15) is 112 Å². The largest absolute Gasteiger partial charge is 0.455 e. The molecule has 0 amide bonds. The number of carbonyl (C=O) groups is 1. The summed E-state index contributed by atoms with van der Waals surface area (Å²) in [7, 11) is 0. The molecule has 1 aromatic carbocycles. The van der Waals surface area contributed by atoms with Crippen LogP contribution in [-0.4, -0.2) is 27.4 Å². The van der Waals surface area contributed by atoms with Crippen molar-refractivity contribution in [3.63, 3.8) is 0 Å². The molecular formula is C39H53ClN2O4. The number of esters is 1. The first-order chi connectivity index (χ1) is 21.7. The molecule has 0 saturated heterocycles. The number of hydrogen-bond donors (Lipinski definition) is 1. The maximum atomic E-state index is 14.4. The molecule has 0 radical (unpaired) electrons. The van der Waals surface area contributed by atoms with Gasteiger partial charge in [0.2, 0.25) is 5.89 Å². The second-order valence-corrected chi connectivity index (χ2v) is 17.7. The molecule has 46 heavy (non-hydrogen) atoms. The van der Waals surface area contributed by atoms with Crippen molar-refractivity contribution in [1.82, 2.24) is 10.2 Å². The number of fused-ring (bicyclic) bond motifs is 7. The third kappa shape index (κ3) is 4.47. The highest BCUT2D eigenvalue weighted by molar-refractivity contribution is 6.30. The van der Waals surface area contributed by atoms with Crippen LogP contribution < -0.4 is 0 Å². The molecule has 0 unspecified atom stereocenters. The fraction of sp³-hybridized carbons (Fsp3) is 0.718. The van der Waals surface area contributed by atoms with E-state index in [1.54, 1.807) is 12.1 Å². The molecule has 10 atom stereocenters. The monoisotopic (exact) mass is 648 g/mol. The topological polar surface area (TPSA) is 85.5 Å². The minimum absolute atomic E-state index is 0.0185. The normalized spacial score (nSPS) is 42.9. The number of aliphatic hydroxyl groups is 1. The maximum absolute atomic E-state index is 14.4. The van der Waals surface area contributed by atoms with Crippen LogP contribution in [0.25, 0.3) is 11.5 Å². The number of carbonyl (C=O) groups excluding carboxylic acids is 1. The van der Waals surface area contributed by atoms with Crippen LogP contribution in [0.2, 0.25) is 5.02 Å². The number of rotatable bonds is 4. The number of allylic oxidation sites excluding steroid dienone is 2. The standard InChI is InChI=1S/C39H53ClN2O4/c1-23-14-19-39(34(44)45-22-31-41-42-33(46-31)25-8-10-26(40)11-9-25)21-20-37(6)27(32(39)24(23)2)12-13-29-36(5)17-16-30(43)35(3,4)28(36)15-18-38(29,37)7/h8-12,23-24,28-30,32,43H,13-22H2,1-7H3/t23-,24+,28+,29-,30+,32+,36+,37-,38-,39+/m1/s1. The van der Waals surface area contributed by atoms with E-state index in [1.165, 1.54) is 18.4 Å². The Morgan fingerprint density at radius 2 is 1.70 bits per heavy atom. The average molecular weight is 649 g/mol. The predicted molar refractivity (Wildman–Crippen MR) is 180 cm³/mol. The zero-order valence-electron chi connectivity index (χ0n) is 28.9. The van der Waals surface area contributed by atoms with Gasteiger partial charge in [-0.1, -0.05) is 71.7 Å². The van der Waals surface area contributed by atoms with Crippen molar-refractivity contribution in [2.24, 2.45) is 56.7 Å². The molecule has 5 aliphatic rings. The Morgan fingerprint density at radius 1 is 0.957 bits per heavy atom. The number of aliphatic hydroxyl groups excluding tert-OH is 1. The number of aromatic nitrogens is 2. The van der Waals surface area contributed by atoms with Crippen LogP contribution in [0.15, 0.2) is 40.3 Å². The van der Waals surface area contributed by atoms with Crippen molar-refractivity contribution in [2.45, 2.75) is 119 Å². The summed E-state index contributed by atoms with van der Waals surface area (Å²) in [6.45, 7) is 17.1. The Hall–Kier alpha value is -2.18. The summed E-state index contributed by atoms with van der Waals surface area (Å²) in [6, 6.07) is 7.26. The fourth-order valence-electron chi connectivity index (χ4n) is 12.1. The minimum atomic E-state index is -0.530. The quantitative estimate of drug-likeness (QED) is 0.263. The number of benzene rings is 1. The summed E-state index contributed by atoms with van der Waals surface area (Å²) in [4.78, 5) is 14.4. The predicted octanol–water partition coefficient (Wildman–Crippen LogP) is 9.45. The lowest BCUT2D eigenvalue weighted by molar-refractivity contribution is -0.207. The second kappa shape index (κ2) is 10.9. The second-order valence-electron chi connectivity index (χ2n) is 17.3. The minimum Gasteiger partial charge on any atom is -0.455 e. The highest BCUT2D eigenvalue weighted by atomic mass is 35.5. The van der Waals surface area contributed by atoms with Crippen LogP contribution in [0.3, 0.4) is 0 Å². The van der Waals surface area contributed by atoms with Gasteiger partial charge in [-0.05, 0) is 133 Å². The zero-order valence-corrected chi connectivity index (χ0v) is 29.6.